The Labute approximate surface area is 108 Å². The van der Waals surface area contributed by atoms with E-state index in [1.165, 1.54) is 30.3 Å². The summed E-state index contributed by atoms with van der Waals surface area (Å²) in [4.78, 5) is 4.51. The minimum atomic E-state index is 0.386. The van der Waals surface area contributed by atoms with Gasteiger partial charge in [0.2, 0.25) is 0 Å². The van der Waals surface area contributed by atoms with Gasteiger partial charge in [0.1, 0.15) is 0 Å². The second-order valence-electron chi connectivity index (χ2n) is 5.96. The predicted octanol–water partition coefficient (Wildman–Crippen LogP) is 4.23. The van der Waals surface area contributed by atoms with E-state index in [1.54, 1.807) is 0 Å². The summed E-state index contributed by atoms with van der Waals surface area (Å²) in [7, 11) is 0. The lowest BCUT2D eigenvalue weighted by atomic mass is 9.87. The molecule has 1 aromatic carbocycles. The van der Waals surface area contributed by atoms with Crippen molar-refractivity contribution in [2.45, 2.75) is 39.2 Å². The molecule has 0 saturated heterocycles. The summed E-state index contributed by atoms with van der Waals surface area (Å²) in [6.07, 6.45) is 5.76. The third kappa shape index (κ3) is 1.96. The first-order valence-corrected chi connectivity index (χ1v) is 6.77. The van der Waals surface area contributed by atoms with Gasteiger partial charge in [-0.25, -0.2) is 0 Å². The van der Waals surface area contributed by atoms with Crippen LogP contribution in [0.4, 0.5) is 5.69 Å². The van der Waals surface area contributed by atoms with Gasteiger partial charge in [-0.3, -0.25) is 4.98 Å². The molecule has 1 N–H and O–H groups in total. The molecule has 3 rings (SSSR count). The van der Waals surface area contributed by atoms with Crippen LogP contribution in [-0.2, 0) is 0 Å². The van der Waals surface area contributed by atoms with E-state index in [4.69, 9.17) is 0 Å². The molecule has 2 aromatic rings. The molecule has 0 bridgehead atoms. The van der Waals surface area contributed by atoms with Crippen molar-refractivity contribution in [3.8, 4) is 0 Å². The fourth-order valence-corrected chi connectivity index (χ4v) is 3.00. The van der Waals surface area contributed by atoms with E-state index in [2.05, 4.69) is 48.4 Å². The molecule has 2 heteroatoms. The van der Waals surface area contributed by atoms with E-state index in [9.17, 15) is 0 Å². The molecular formula is C16H20N2. The highest BCUT2D eigenvalue weighted by Crippen LogP contribution is 2.39. The van der Waals surface area contributed by atoms with Crippen molar-refractivity contribution in [2.75, 3.05) is 5.32 Å². The van der Waals surface area contributed by atoms with Crippen molar-refractivity contribution >= 4 is 16.6 Å². The van der Waals surface area contributed by atoms with Crippen LogP contribution in [0.1, 0.15) is 33.1 Å². The summed E-state index contributed by atoms with van der Waals surface area (Å²) < 4.78 is 0. The molecule has 1 aromatic heterocycles. The average molecular weight is 240 g/mol. The third-order valence-electron chi connectivity index (χ3n) is 4.22. The molecule has 18 heavy (non-hydrogen) atoms. The van der Waals surface area contributed by atoms with Crippen molar-refractivity contribution < 1.29 is 0 Å². The van der Waals surface area contributed by atoms with Crippen LogP contribution in [0.2, 0.25) is 0 Å². The van der Waals surface area contributed by atoms with E-state index < -0.39 is 0 Å². The summed E-state index contributed by atoms with van der Waals surface area (Å²) in [5.41, 5.74) is 2.65. The van der Waals surface area contributed by atoms with E-state index in [0.29, 0.717) is 11.5 Å². The molecule has 0 amide bonds. The largest absolute Gasteiger partial charge is 0.380 e. The van der Waals surface area contributed by atoms with Crippen molar-refractivity contribution in [2.24, 2.45) is 5.41 Å². The second kappa shape index (κ2) is 4.27. The summed E-state index contributed by atoms with van der Waals surface area (Å²) in [6, 6.07) is 11.0. The SMILES string of the molecule is CC1(C)CCCC1Nc1cccc2cccnc12. The Morgan fingerprint density at radius 3 is 2.83 bits per heavy atom. The van der Waals surface area contributed by atoms with Crippen LogP contribution in [0, 0.1) is 5.41 Å². The number of anilines is 1. The Hall–Kier alpha value is -1.57. The van der Waals surface area contributed by atoms with Gasteiger partial charge in [-0.2, -0.15) is 0 Å². The van der Waals surface area contributed by atoms with Crippen LogP contribution in [0.5, 0.6) is 0 Å². The van der Waals surface area contributed by atoms with E-state index in [0.717, 1.165) is 5.52 Å². The normalized spacial score (nSPS) is 22.2. The minimum Gasteiger partial charge on any atom is -0.380 e. The number of pyridine rings is 1. The van der Waals surface area contributed by atoms with Crippen LogP contribution < -0.4 is 5.32 Å². The molecule has 1 fully saturated rings. The Bertz CT molecular complexity index is 555. The van der Waals surface area contributed by atoms with Crippen LogP contribution in [-0.4, -0.2) is 11.0 Å². The van der Waals surface area contributed by atoms with E-state index >= 15 is 0 Å². The zero-order chi connectivity index (χ0) is 12.6. The van der Waals surface area contributed by atoms with Crippen molar-refractivity contribution in [3.05, 3.63) is 36.5 Å². The molecule has 1 saturated carbocycles. The standard InChI is InChI=1S/C16H20N2/c1-16(2)10-4-9-14(16)18-13-8-3-6-12-7-5-11-17-15(12)13/h3,5-8,11,14,18H,4,9-10H2,1-2H3. The minimum absolute atomic E-state index is 0.386. The van der Waals surface area contributed by atoms with Crippen molar-refractivity contribution in [1.82, 2.24) is 4.98 Å². The summed E-state index contributed by atoms with van der Waals surface area (Å²) in [5.74, 6) is 0. The Morgan fingerprint density at radius 1 is 1.22 bits per heavy atom. The molecule has 1 heterocycles. The van der Waals surface area contributed by atoms with Crippen LogP contribution >= 0.6 is 0 Å². The predicted molar refractivity (Wildman–Crippen MR) is 76.8 cm³/mol. The highest BCUT2D eigenvalue weighted by molar-refractivity contribution is 5.90. The maximum absolute atomic E-state index is 4.51. The molecule has 2 nitrogen and oxygen atoms in total. The zero-order valence-electron chi connectivity index (χ0n) is 11.1. The topological polar surface area (TPSA) is 24.9 Å². The van der Waals surface area contributed by atoms with Crippen LogP contribution in [0.15, 0.2) is 36.5 Å². The van der Waals surface area contributed by atoms with Crippen LogP contribution in [0.3, 0.4) is 0 Å². The lowest BCUT2D eigenvalue weighted by Crippen LogP contribution is -2.30. The number of hydrogen-bond donors (Lipinski definition) is 1. The molecule has 0 radical (unpaired) electrons. The molecule has 1 atom stereocenters. The van der Waals surface area contributed by atoms with Crippen molar-refractivity contribution in [1.29, 1.82) is 0 Å². The highest BCUT2D eigenvalue weighted by Gasteiger charge is 2.34. The first-order chi connectivity index (χ1) is 8.67. The van der Waals surface area contributed by atoms with Gasteiger partial charge in [0.25, 0.3) is 0 Å². The Balaban J connectivity index is 1.95. The second-order valence-corrected chi connectivity index (χ2v) is 5.96. The number of rotatable bonds is 2. The molecule has 1 aliphatic carbocycles. The van der Waals surface area contributed by atoms with E-state index in [-0.39, 0.29) is 0 Å². The molecule has 0 spiro atoms. The molecule has 1 aliphatic rings. The summed E-state index contributed by atoms with van der Waals surface area (Å²) in [6.45, 7) is 4.71. The van der Waals surface area contributed by atoms with Crippen LogP contribution in [0.25, 0.3) is 10.9 Å². The maximum Gasteiger partial charge on any atom is 0.0933 e. The average Bonchev–Trinajstić information content (AvgIpc) is 2.69. The molecular weight excluding hydrogens is 220 g/mol. The number of fused-ring (bicyclic) bond motifs is 1. The van der Waals surface area contributed by atoms with Gasteiger partial charge in [-0.1, -0.05) is 38.5 Å². The molecule has 0 aliphatic heterocycles. The lowest BCUT2D eigenvalue weighted by Gasteiger charge is -2.29. The number of benzene rings is 1. The first-order valence-electron chi connectivity index (χ1n) is 6.77. The summed E-state index contributed by atoms with van der Waals surface area (Å²) >= 11 is 0. The number of hydrogen-bond acceptors (Lipinski definition) is 2. The number of aromatic nitrogens is 1. The smallest absolute Gasteiger partial charge is 0.0933 e. The maximum atomic E-state index is 4.51. The van der Waals surface area contributed by atoms with Gasteiger partial charge in [-0.05, 0) is 30.4 Å². The van der Waals surface area contributed by atoms with Gasteiger partial charge >= 0.3 is 0 Å². The van der Waals surface area contributed by atoms with E-state index in [1.807, 2.05) is 12.3 Å². The van der Waals surface area contributed by atoms with Gasteiger partial charge in [0.15, 0.2) is 0 Å². The molecule has 1 unspecified atom stereocenters. The summed E-state index contributed by atoms with van der Waals surface area (Å²) in [5, 5.41) is 4.92. The van der Waals surface area contributed by atoms with Gasteiger partial charge in [-0.15, -0.1) is 0 Å². The van der Waals surface area contributed by atoms with Gasteiger partial charge in [0, 0.05) is 17.6 Å². The van der Waals surface area contributed by atoms with Gasteiger partial charge in [0.05, 0.1) is 11.2 Å². The highest BCUT2D eigenvalue weighted by atomic mass is 15.0. The zero-order valence-corrected chi connectivity index (χ0v) is 11.1. The van der Waals surface area contributed by atoms with Gasteiger partial charge < -0.3 is 5.32 Å². The number of nitrogens with zero attached hydrogens (tertiary/aromatic N) is 1. The fourth-order valence-electron chi connectivity index (χ4n) is 3.00. The Morgan fingerprint density at radius 2 is 2.06 bits per heavy atom. The number of para-hydroxylation sites is 1. The fraction of sp³-hybridized carbons (Fsp3) is 0.438. The van der Waals surface area contributed by atoms with Crippen molar-refractivity contribution in [3.63, 3.8) is 0 Å². The lowest BCUT2D eigenvalue weighted by molar-refractivity contribution is 0.350. The quantitative estimate of drug-likeness (QED) is 0.850. The first kappa shape index (κ1) is 11.5. The molecule has 94 valence electrons. The third-order valence-corrected chi connectivity index (χ3v) is 4.22. The number of nitrogens with one attached hydrogen (secondary N) is 1. The Kier molecular flexibility index (Phi) is 2.73. The monoisotopic (exact) mass is 240 g/mol.